The Morgan fingerprint density at radius 3 is 2.72 bits per heavy atom. The van der Waals surface area contributed by atoms with Gasteiger partial charge in [-0.15, -0.1) is 0 Å². The maximum Gasteiger partial charge on any atom is 0.407 e. The van der Waals surface area contributed by atoms with Crippen molar-refractivity contribution >= 4 is 12.1 Å². The fraction of sp³-hybridized carbons (Fsp3) is 0.818. The van der Waals surface area contributed by atoms with Gasteiger partial charge in [0.25, 0.3) is 0 Å². The first-order valence-corrected chi connectivity index (χ1v) is 5.91. The van der Waals surface area contributed by atoms with Crippen LogP contribution >= 0.6 is 0 Å². The van der Waals surface area contributed by atoms with Crippen molar-refractivity contribution in [1.29, 1.82) is 0 Å². The summed E-state index contributed by atoms with van der Waals surface area (Å²) >= 11 is 0. The van der Waals surface area contributed by atoms with Crippen LogP contribution in [-0.2, 0) is 9.47 Å². The number of nitrogens with zero attached hydrogens (tertiary/aromatic N) is 1. The van der Waals surface area contributed by atoms with Crippen LogP contribution in [0.5, 0.6) is 0 Å². The van der Waals surface area contributed by atoms with Crippen LogP contribution in [0.15, 0.2) is 0 Å². The quantitative estimate of drug-likeness (QED) is 0.745. The second-order valence-corrected chi connectivity index (χ2v) is 5.16. The van der Waals surface area contributed by atoms with Crippen molar-refractivity contribution in [2.45, 2.75) is 32.5 Å². The van der Waals surface area contributed by atoms with Crippen LogP contribution in [0.2, 0.25) is 0 Å². The molecule has 0 aromatic rings. The minimum absolute atomic E-state index is 0.251. The van der Waals surface area contributed by atoms with Crippen LogP contribution in [0.25, 0.3) is 0 Å². The Labute approximate surface area is 107 Å². The van der Waals surface area contributed by atoms with E-state index in [4.69, 9.17) is 15.2 Å². The lowest BCUT2D eigenvalue weighted by atomic mass is 10.2. The van der Waals surface area contributed by atoms with Crippen LogP contribution in [0.1, 0.15) is 20.8 Å². The summed E-state index contributed by atoms with van der Waals surface area (Å²) in [5.74, 6) is 0. The van der Waals surface area contributed by atoms with Gasteiger partial charge in [0.1, 0.15) is 5.60 Å². The number of ether oxygens (including phenoxy) is 2. The number of hydrogen-bond donors (Lipinski definition) is 2. The Hall–Kier alpha value is -1.50. The molecule has 1 heterocycles. The molecular weight excluding hydrogens is 238 g/mol. The number of nitrogens with two attached hydrogens (primary N) is 1. The van der Waals surface area contributed by atoms with E-state index in [1.165, 1.54) is 4.90 Å². The minimum atomic E-state index is -0.531. The number of hydrogen-bond acceptors (Lipinski definition) is 4. The maximum atomic E-state index is 11.4. The van der Waals surface area contributed by atoms with Crippen LogP contribution in [0, 0.1) is 0 Å². The molecular formula is C11H21N3O4. The third-order valence-corrected chi connectivity index (χ3v) is 2.32. The Balaban J connectivity index is 2.31. The highest BCUT2D eigenvalue weighted by molar-refractivity contribution is 5.72. The smallest absolute Gasteiger partial charge is 0.407 e. The molecule has 1 aliphatic heterocycles. The average Bonchev–Trinajstić information content (AvgIpc) is 2.24. The lowest BCUT2D eigenvalue weighted by Gasteiger charge is -2.32. The second kappa shape index (κ2) is 5.90. The second-order valence-electron chi connectivity index (χ2n) is 5.16. The Kier molecular flexibility index (Phi) is 4.77. The predicted molar refractivity (Wildman–Crippen MR) is 65.1 cm³/mol. The minimum Gasteiger partial charge on any atom is -0.444 e. The fourth-order valence-corrected chi connectivity index (χ4v) is 1.55. The summed E-state index contributed by atoms with van der Waals surface area (Å²) in [6.07, 6.45) is -0.749. The van der Waals surface area contributed by atoms with Gasteiger partial charge in [0.15, 0.2) is 0 Å². The van der Waals surface area contributed by atoms with E-state index in [1.807, 2.05) is 0 Å². The van der Waals surface area contributed by atoms with Crippen molar-refractivity contribution in [2.24, 2.45) is 5.73 Å². The van der Waals surface area contributed by atoms with E-state index in [0.29, 0.717) is 26.2 Å². The standard InChI is InChI=1S/C11H21N3O4/c1-11(2,3)18-10(16)13-6-8-7-14(9(12)15)4-5-17-8/h8H,4-7H2,1-3H3,(H2,12,15)(H,13,16). The molecule has 3 N–H and O–H groups in total. The van der Waals surface area contributed by atoms with E-state index in [0.717, 1.165) is 0 Å². The summed E-state index contributed by atoms with van der Waals surface area (Å²) in [5, 5.41) is 2.60. The van der Waals surface area contributed by atoms with Gasteiger partial charge in [0.2, 0.25) is 0 Å². The Morgan fingerprint density at radius 1 is 1.50 bits per heavy atom. The Morgan fingerprint density at radius 2 is 2.17 bits per heavy atom. The Bertz CT molecular complexity index is 314. The third kappa shape index (κ3) is 5.22. The monoisotopic (exact) mass is 259 g/mol. The van der Waals surface area contributed by atoms with Crippen LogP contribution in [0.4, 0.5) is 9.59 Å². The first kappa shape index (κ1) is 14.6. The summed E-state index contributed by atoms with van der Waals surface area (Å²) in [6.45, 7) is 6.95. The van der Waals surface area contributed by atoms with Gasteiger partial charge in [0, 0.05) is 13.1 Å². The van der Waals surface area contributed by atoms with E-state index >= 15 is 0 Å². The van der Waals surface area contributed by atoms with Crippen LogP contribution in [-0.4, -0.2) is 55.0 Å². The molecule has 0 spiro atoms. The number of morpholine rings is 1. The van der Waals surface area contributed by atoms with Gasteiger partial charge in [-0.2, -0.15) is 0 Å². The van der Waals surface area contributed by atoms with Crippen molar-refractivity contribution in [1.82, 2.24) is 10.2 Å². The van der Waals surface area contributed by atoms with E-state index in [1.54, 1.807) is 20.8 Å². The van der Waals surface area contributed by atoms with Gasteiger partial charge in [-0.05, 0) is 20.8 Å². The van der Waals surface area contributed by atoms with E-state index in [2.05, 4.69) is 5.32 Å². The van der Waals surface area contributed by atoms with Crippen LogP contribution < -0.4 is 11.1 Å². The van der Waals surface area contributed by atoms with E-state index in [-0.39, 0.29) is 6.10 Å². The number of carbonyl (C=O) groups is 2. The number of urea groups is 1. The van der Waals surface area contributed by atoms with Crippen molar-refractivity contribution in [2.75, 3.05) is 26.2 Å². The normalized spacial score (nSPS) is 20.4. The molecule has 1 aliphatic rings. The molecule has 1 atom stereocenters. The van der Waals surface area contributed by atoms with Crippen LogP contribution in [0.3, 0.4) is 0 Å². The van der Waals surface area contributed by atoms with Crippen molar-refractivity contribution in [3.63, 3.8) is 0 Å². The van der Waals surface area contributed by atoms with Gasteiger partial charge in [-0.25, -0.2) is 9.59 Å². The number of rotatable bonds is 2. The van der Waals surface area contributed by atoms with Gasteiger partial charge < -0.3 is 25.4 Å². The van der Waals surface area contributed by atoms with Gasteiger partial charge >= 0.3 is 12.1 Å². The van der Waals surface area contributed by atoms with E-state index < -0.39 is 17.7 Å². The highest BCUT2D eigenvalue weighted by Crippen LogP contribution is 2.07. The van der Waals surface area contributed by atoms with Crippen molar-refractivity contribution in [3.05, 3.63) is 0 Å². The molecule has 7 heteroatoms. The average molecular weight is 259 g/mol. The molecule has 1 saturated heterocycles. The maximum absolute atomic E-state index is 11.4. The van der Waals surface area contributed by atoms with Crippen molar-refractivity contribution in [3.8, 4) is 0 Å². The molecule has 0 aromatic heterocycles. The summed E-state index contributed by atoms with van der Waals surface area (Å²) in [5.41, 5.74) is 4.66. The topological polar surface area (TPSA) is 93.9 Å². The molecule has 1 fully saturated rings. The SMILES string of the molecule is CC(C)(C)OC(=O)NCC1CN(C(N)=O)CCO1. The fourth-order valence-electron chi connectivity index (χ4n) is 1.55. The molecule has 0 bridgehead atoms. The molecule has 0 radical (unpaired) electrons. The first-order chi connectivity index (χ1) is 8.28. The van der Waals surface area contributed by atoms with Gasteiger partial charge in [-0.1, -0.05) is 0 Å². The zero-order valence-corrected chi connectivity index (χ0v) is 11.1. The largest absolute Gasteiger partial charge is 0.444 e. The van der Waals surface area contributed by atoms with Crippen molar-refractivity contribution < 1.29 is 19.1 Å². The molecule has 7 nitrogen and oxygen atoms in total. The van der Waals surface area contributed by atoms with Gasteiger partial charge in [-0.3, -0.25) is 0 Å². The molecule has 0 aromatic carbocycles. The number of primary amides is 1. The highest BCUT2D eigenvalue weighted by Gasteiger charge is 2.24. The number of nitrogens with one attached hydrogen (secondary N) is 1. The summed E-state index contributed by atoms with van der Waals surface area (Å²) < 4.78 is 10.5. The molecule has 104 valence electrons. The number of carbonyl (C=O) groups excluding carboxylic acids is 2. The lowest BCUT2D eigenvalue weighted by Crippen LogP contribution is -2.51. The summed E-state index contributed by atoms with van der Waals surface area (Å²) in [4.78, 5) is 23.9. The molecule has 18 heavy (non-hydrogen) atoms. The molecule has 1 rings (SSSR count). The molecule has 3 amide bonds. The highest BCUT2D eigenvalue weighted by atomic mass is 16.6. The summed E-state index contributed by atoms with van der Waals surface area (Å²) in [6, 6.07) is -0.472. The lowest BCUT2D eigenvalue weighted by molar-refractivity contribution is -0.0138. The zero-order valence-electron chi connectivity index (χ0n) is 11.1. The zero-order chi connectivity index (χ0) is 13.8. The number of amides is 3. The molecule has 0 saturated carbocycles. The predicted octanol–water partition coefficient (Wildman–Crippen LogP) is 0.291. The molecule has 1 unspecified atom stereocenters. The number of alkyl carbamates (subject to hydrolysis) is 1. The summed E-state index contributed by atoms with van der Waals surface area (Å²) in [7, 11) is 0. The first-order valence-electron chi connectivity index (χ1n) is 5.91. The van der Waals surface area contributed by atoms with E-state index in [9.17, 15) is 9.59 Å². The third-order valence-electron chi connectivity index (χ3n) is 2.32. The molecule has 0 aliphatic carbocycles. The van der Waals surface area contributed by atoms with Gasteiger partial charge in [0.05, 0.1) is 19.3 Å².